The summed E-state index contributed by atoms with van der Waals surface area (Å²) in [6, 6.07) is 5.58. The number of hydrogen-bond acceptors (Lipinski definition) is 2. The zero-order valence-electron chi connectivity index (χ0n) is 6.21. The Labute approximate surface area is 69.6 Å². The molecule has 0 aliphatic carbocycles. The monoisotopic (exact) mass is 188 g/mol. The first-order chi connectivity index (χ1) is 5.54. The highest BCUT2D eigenvalue weighted by atomic mass is 31.2. The van der Waals surface area contributed by atoms with Crippen molar-refractivity contribution in [2.24, 2.45) is 0 Å². The lowest BCUT2D eigenvalue weighted by Gasteiger charge is -2.03. The molecule has 5 heteroatoms. The third-order valence-electron chi connectivity index (χ3n) is 1.46. The molecule has 0 amide bonds. The molecule has 0 atom stereocenters. The fraction of sp³-hybridized carbons (Fsp3) is 0.143. The van der Waals surface area contributed by atoms with E-state index < -0.39 is 7.60 Å². The summed E-state index contributed by atoms with van der Waals surface area (Å²) in [4.78, 5) is 17.4. The van der Waals surface area contributed by atoms with Crippen molar-refractivity contribution >= 4 is 12.9 Å². The lowest BCUT2D eigenvalue weighted by molar-refractivity contribution is 0.282. The molecule has 3 N–H and O–H groups in total. The molecular formula is C7H9O4P. The Morgan fingerprint density at radius 2 is 1.67 bits per heavy atom. The van der Waals surface area contributed by atoms with Crippen LogP contribution >= 0.6 is 7.60 Å². The van der Waals surface area contributed by atoms with Gasteiger partial charge in [-0.2, -0.15) is 0 Å². The van der Waals surface area contributed by atoms with E-state index in [1.165, 1.54) is 24.3 Å². The third kappa shape index (κ3) is 2.16. The van der Waals surface area contributed by atoms with Gasteiger partial charge < -0.3 is 14.9 Å². The van der Waals surface area contributed by atoms with Gasteiger partial charge in [-0.3, -0.25) is 4.57 Å². The third-order valence-corrected chi connectivity index (χ3v) is 2.43. The van der Waals surface area contributed by atoms with Crippen LogP contribution in [0.3, 0.4) is 0 Å². The summed E-state index contributed by atoms with van der Waals surface area (Å²) in [5.41, 5.74) is 0.632. The Morgan fingerprint density at radius 3 is 2.00 bits per heavy atom. The normalized spacial score (nSPS) is 11.6. The summed E-state index contributed by atoms with van der Waals surface area (Å²) >= 11 is 0. The van der Waals surface area contributed by atoms with Crippen LogP contribution in [0, 0.1) is 0 Å². The van der Waals surface area contributed by atoms with E-state index in [1.807, 2.05) is 0 Å². The molecule has 0 heterocycles. The van der Waals surface area contributed by atoms with Crippen LogP contribution in [0.2, 0.25) is 0 Å². The lowest BCUT2D eigenvalue weighted by Crippen LogP contribution is -2.03. The van der Waals surface area contributed by atoms with Gasteiger partial charge in [-0.05, 0) is 17.7 Å². The minimum absolute atomic E-state index is 0.0281. The maximum atomic E-state index is 10.7. The molecule has 0 unspecified atom stereocenters. The fourth-order valence-electron chi connectivity index (χ4n) is 0.796. The number of rotatable bonds is 2. The van der Waals surface area contributed by atoms with Crippen molar-refractivity contribution in [3.63, 3.8) is 0 Å². The molecular weight excluding hydrogens is 179 g/mol. The van der Waals surface area contributed by atoms with Crippen molar-refractivity contribution in [2.75, 3.05) is 0 Å². The predicted molar refractivity (Wildman–Crippen MR) is 44.0 cm³/mol. The highest BCUT2D eigenvalue weighted by Gasteiger charge is 2.15. The molecule has 0 radical (unpaired) electrons. The molecule has 1 aromatic rings. The van der Waals surface area contributed by atoms with Crippen molar-refractivity contribution in [2.45, 2.75) is 6.61 Å². The van der Waals surface area contributed by atoms with Crippen LogP contribution < -0.4 is 5.30 Å². The van der Waals surface area contributed by atoms with Gasteiger partial charge in [-0.15, -0.1) is 0 Å². The standard InChI is InChI=1S/C7H9O4P/c8-5-6-1-3-7(4-2-6)12(9,10)11/h1-4,8H,5H2,(H2,9,10,11). The van der Waals surface area contributed by atoms with Gasteiger partial charge >= 0.3 is 7.60 Å². The smallest absolute Gasteiger partial charge is 0.356 e. The molecule has 0 aliphatic heterocycles. The zero-order chi connectivity index (χ0) is 9.19. The Morgan fingerprint density at radius 1 is 1.17 bits per heavy atom. The second kappa shape index (κ2) is 3.37. The minimum atomic E-state index is -4.13. The van der Waals surface area contributed by atoms with Crippen LogP contribution in [-0.2, 0) is 11.2 Å². The minimum Gasteiger partial charge on any atom is -0.392 e. The first kappa shape index (κ1) is 9.42. The Bertz CT molecular complexity index is 300. The van der Waals surface area contributed by atoms with Crippen LogP contribution in [0.5, 0.6) is 0 Å². The molecule has 1 aromatic carbocycles. The van der Waals surface area contributed by atoms with Gasteiger partial charge in [0.2, 0.25) is 0 Å². The van der Waals surface area contributed by atoms with Crippen molar-refractivity contribution in [1.82, 2.24) is 0 Å². The number of aliphatic hydroxyl groups excluding tert-OH is 1. The molecule has 0 spiro atoms. The average Bonchev–Trinajstić information content (AvgIpc) is 2.03. The van der Waals surface area contributed by atoms with Gasteiger partial charge in [0.25, 0.3) is 0 Å². The second-order valence-electron chi connectivity index (χ2n) is 2.37. The van der Waals surface area contributed by atoms with Crippen molar-refractivity contribution < 1.29 is 19.5 Å². The molecule has 0 aromatic heterocycles. The van der Waals surface area contributed by atoms with Crippen LogP contribution in [0.15, 0.2) is 24.3 Å². The maximum absolute atomic E-state index is 10.7. The van der Waals surface area contributed by atoms with E-state index in [4.69, 9.17) is 14.9 Å². The number of benzene rings is 1. The van der Waals surface area contributed by atoms with Crippen LogP contribution in [-0.4, -0.2) is 14.9 Å². The Hall–Kier alpha value is -0.670. The highest BCUT2D eigenvalue weighted by molar-refractivity contribution is 7.60. The van der Waals surface area contributed by atoms with Crippen molar-refractivity contribution in [3.8, 4) is 0 Å². The summed E-state index contributed by atoms with van der Waals surface area (Å²) in [6.45, 7) is -0.124. The molecule has 0 fully saturated rings. The first-order valence-electron chi connectivity index (χ1n) is 3.30. The molecule has 0 bridgehead atoms. The van der Waals surface area contributed by atoms with E-state index in [0.29, 0.717) is 5.56 Å². The molecule has 0 saturated heterocycles. The van der Waals surface area contributed by atoms with E-state index in [1.54, 1.807) is 0 Å². The summed E-state index contributed by atoms with van der Waals surface area (Å²) in [7, 11) is -4.13. The summed E-state index contributed by atoms with van der Waals surface area (Å²) in [5.74, 6) is 0. The molecule has 66 valence electrons. The molecule has 0 aliphatic rings. The lowest BCUT2D eigenvalue weighted by atomic mass is 10.2. The molecule has 4 nitrogen and oxygen atoms in total. The molecule has 1 rings (SSSR count). The first-order valence-corrected chi connectivity index (χ1v) is 4.91. The SMILES string of the molecule is O=P(O)(O)c1ccc(CO)cc1. The molecule has 12 heavy (non-hydrogen) atoms. The second-order valence-corrected chi connectivity index (χ2v) is 3.97. The average molecular weight is 188 g/mol. The van der Waals surface area contributed by atoms with Crippen LogP contribution in [0.25, 0.3) is 0 Å². The zero-order valence-corrected chi connectivity index (χ0v) is 7.11. The van der Waals surface area contributed by atoms with Crippen molar-refractivity contribution in [3.05, 3.63) is 29.8 Å². The van der Waals surface area contributed by atoms with Crippen LogP contribution in [0.1, 0.15) is 5.56 Å². The number of hydrogen-bond donors (Lipinski definition) is 3. The van der Waals surface area contributed by atoms with Gasteiger partial charge in [0.15, 0.2) is 0 Å². The van der Waals surface area contributed by atoms with Crippen LogP contribution in [0.4, 0.5) is 0 Å². The van der Waals surface area contributed by atoms with E-state index in [2.05, 4.69) is 0 Å². The topological polar surface area (TPSA) is 77.8 Å². The highest BCUT2D eigenvalue weighted by Crippen LogP contribution is 2.32. The summed E-state index contributed by atoms with van der Waals surface area (Å²) in [6.07, 6.45) is 0. The summed E-state index contributed by atoms with van der Waals surface area (Å²) < 4.78 is 10.7. The molecule has 0 saturated carbocycles. The van der Waals surface area contributed by atoms with Gasteiger partial charge in [0, 0.05) is 0 Å². The van der Waals surface area contributed by atoms with Gasteiger partial charge in [0.1, 0.15) is 0 Å². The van der Waals surface area contributed by atoms with Gasteiger partial charge in [0.05, 0.1) is 11.9 Å². The van der Waals surface area contributed by atoms with Gasteiger partial charge in [-0.1, -0.05) is 12.1 Å². The number of aliphatic hydroxyl groups is 1. The van der Waals surface area contributed by atoms with Crippen molar-refractivity contribution in [1.29, 1.82) is 0 Å². The predicted octanol–water partition coefficient (Wildman–Crippen LogP) is -0.0181. The van der Waals surface area contributed by atoms with E-state index in [-0.39, 0.29) is 11.9 Å². The largest absolute Gasteiger partial charge is 0.392 e. The quantitative estimate of drug-likeness (QED) is 0.570. The van der Waals surface area contributed by atoms with E-state index in [9.17, 15) is 4.57 Å². The van der Waals surface area contributed by atoms with E-state index in [0.717, 1.165) is 0 Å². The Balaban J connectivity index is 3.01. The Kier molecular flexibility index (Phi) is 2.65. The fourth-order valence-corrected chi connectivity index (χ4v) is 1.33. The summed E-state index contributed by atoms with van der Waals surface area (Å²) in [5, 5.41) is 8.61. The van der Waals surface area contributed by atoms with E-state index >= 15 is 0 Å². The maximum Gasteiger partial charge on any atom is 0.356 e. The van der Waals surface area contributed by atoms with Gasteiger partial charge in [-0.25, -0.2) is 0 Å².